The number of furan rings is 1. The van der Waals surface area contributed by atoms with Gasteiger partial charge in [-0.2, -0.15) is 0 Å². The van der Waals surface area contributed by atoms with Crippen LogP contribution < -0.4 is 5.32 Å². The Labute approximate surface area is 123 Å². The second kappa shape index (κ2) is 6.47. The fraction of sp³-hybridized carbons (Fsp3) is 0.333. The van der Waals surface area contributed by atoms with E-state index in [1.807, 2.05) is 18.2 Å². The quantitative estimate of drug-likeness (QED) is 0.884. The molecule has 2 aromatic rings. The van der Waals surface area contributed by atoms with Gasteiger partial charge >= 0.3 is 0 Å². The molecule has 0 radical (unpaired) electrons. The van der Waals surface area contributed by atoms with Crippen molar-refractivity contribution < 1.29 is 9.73 Å². The minimum absolute atomic E-state index is 0.600. The number of quaternary nitrogens is 1. The van der Waals surface area contributed by atoms with Crippen molar-refractivity contribution in [1.82, 2.24) is 0 Å². The number of hydrogen-bond donors (Lipinski definition) is 1. The van der Waals surface area contributed by atoms with Crippen LogP contribution in [-0.4, -0.2) is 6.04 Å². The first-order valence-corrected chi connectivity index (χ1v) is 7.23. The topological polar surface area (TPSA) is 29.8 Å². The van der Waals surface area contributed by atoms with E-state index in [0.29, 0.717) is 16.1 Å². The predicted molar refractivity (Wildman–Crippen MR) is 79.5 cm³/mol. The summed E-state index contributed by atoms with van der Waals surface area (Å²) in [4.78, 5) is 0. The highest BCUT2D eigenvalue weighted by atomic mass is 35.5. The van der Waals surface area contributed by atoms with Gasteiger partial charge in [0, 0.05) is 10.6 Å². The maximum absolute atomic E-state index is 6.16. The largest absolute Gasteiger partial charge is 0.455 e. The lowest BCUT2D eigenvalue weighted by Crippen LogP contribution is -2.87. The fourth-order valence-corrected chi connectivity index (χ4v) is 2.19. The van der Waals surface area contributed by atoms with Gasteiger partial charge in [-0.15, -0.1) is 0 Å². The number of hydrogen-bond acceptors (Lipinski definition) is 1. The van der Waals surface area contributed by atoms with Crippen LogP contribution >= 0.6 is 23.2 Å². The summed E-state index contributed by atoms with van der Waals surface area (Å²) in [5, 5.41) is 3.57. The maximum atomic E-state index is 6.16. The summed E-state index contributed by atoms with van der Waals surface area (Å²) in [6.45, 7) is 5.23. The van der Waals surface area contributed by atoms with Crippen molar-refractivity contribution >= 4 is 23.2 Å². The normalized spacial score (nSPS) is 12.6. The number of rotatable bonds is 5. The molecule has 0 saturated carbocycles. The average Bonchev–Trinajstić information content (AvgIpc) is 2.87. The van der Waals surface area contributed by atoms with E-state index < -0.39 is 0 Å². The van der Waals surface area contributed by atoms with E-state index in [2.05, 4.69) is 19.2 Å². The number of benzene rings is 1. The van der Waals surface area contributed by atoms with Gasteiger partial charge in [0.15, 0.2) is 5.76 Å². The first-order valence-electron chi connectivity index (χ1n) is 6.47. The highest BCUT2D eigenvalue weighted by molar-refractivity contribution is 6.35. The SMILES string of the molecule is CC[C@H](C)[NH2+]Cc1ccc(-c2cc(Cl)ccc2Cl)o1. The first kappa shape index (κ1) is 14.4. The molecular weight excluding hydrogens is 281 g/mol. The summed E-state index contributed by atoms with van der Waals surface area (Å²) in [6.07, 6.45) is 1.15. The first-order chi connectivity index (χ1) is 9.10. The summed E-state index contributed by atoms with van der Waals surface area (Å²) in [5.41, 5.74) is 0.837. The van der Waals surface area contributed by atoms with Gasteiger partial charge in [0.1, 0.15) is 12.3 Å². The maximum Gasteiger partial charge on any atom is 0.158 e. The van der Waals surface area contributed by atoms with Crippen LogP contribution in [0.5, 0.6) is 0 Å². The van der Waals surface area contributed by atoms with Crippen molar-refractivity contribution in [3.8, 4) is 11.3 Å². The summed E-state index contributed by atoms with van der Waals surface area (Å²) < 4.78 is 5.83. The summed E-state index contributed by atoms with van der Waals surface area (Å²) in [7, 11) is 0. The number of halogens is 2. The van der Waals surface area contributed by atoms with E-state index in [1.54, 1.807) is 12.1 Å². The van der Waals surface area contributed by atoms with E-state index in [0.717, 1.165) is 30.0 Å². The second-order valence-corrected chi connectivity index (χ2v) is 5.56. The van der Waals surface area contributed by atoms with Crippen LogP contribution in [0.3, 0.4) is 0 Å². The van der Waals surface area contributed by atoms with Gasteiger partial charge in [0.05, 0.1) is 11.1 Å². The monoisotopic (exact) mass is 298 g/mol. The summed E-state index contributed by atoms with van der Waals surface area (Å²) in [5.74, 6) is 1.71. The molecule has 0 bridgehead atoms. The Bertz CT molecular complexity index is 551. The Kier molecular flexibility index (Phi) is 4.92. The van der Waals surface area contributed by atoms with Gasteiger partial charge in [0.2, 0.25) is 0 Å². The summed E-state index contributed by atoms with van der Waals surface area (Å²) >= 11 is 12.2. The summed E-state index contributed by atoms with van der Waals surface area (Å²) in [6, 6.07) is 9.91. The molecular formula is C15H18Cl2NO+. The Morgan fingerprint density at radius 1 is 1.21 bits per heavy atom. The molecule has 2 rings (SSSR count). The highest BCUT2D eigenvalue weighted by Crippen LogP contribution is 2.31. The fourth-order valence-electron chi connectivity index (χ4n) is 1.80. The van der Waals surface area contributed by atoms with Crippen molar-refractivity contribution in [2.24, 2.45) is 0 Å². The molecule has 0 aliphatic carbocycles. The van der Waals surface area contributed by atoms with Crippen molar-refractivity contribution in [2.75, 3.05) is 0 Å². The molecule has 0 aliphatic rings. The van der Waals surface area contributed by atoms with Crippen LogP contribution in [0.4, 0.5) is 0 Å². The van der Waals surface area contributed by atoms with E-state index >= 15 is 0 Å². The standard InChI is InChI=1S/C15H17Cl2NO/c1-3-10(2)18-9-12-5-7-15(19-12)13-8-11(16)4-6-14(13)17/h4-8,10,18H,3,9H2,1-2H3/p+1/t10-/m0/s1. The van der Waals surface area contributed by atoms with Crippen molar-refractivity contribution in [3.05, 3.63) is 46.1 Å². The molecule has 1 heterocycles. The zero-order valence-electron chi connectivity index (χ0n) is 11.1. The molecule has 2 nitrogen and oxygen atoms in total. The van der Waals surface area contributed by atoms with Crippen molar-refractivity contribution in [1.29, 1.82) is 0 Å². The molecule has 0 saturated heterocycles. The number of nitrogens with two attached hydrogens (primary N) is 1. The Hall–Kier alpha value is -0.960. The molecule has 2 N–H and O–H groups in total. The molecule has 1 aromatic carbocycles. The minimum atomic E-state index is 0.600. The molecule has 0 fully saturated rings. The second-order valence-electron chi connectivity index (χ2n) is 4.72. The van der Waals surface area contributed by atoms with E-state index in [4.69, 9.17) is 27.6 Å². The van der Waals surface area contributed by atoms with Gasteiger partial charge in [-0.25, -0.2) is 0 Å². The molecule has 102 valence electrons. The van der Waals surface area contributed by atoms with Gasteiger partial charge < -0.3 is 9.73 Å². The molecule has 1 aromatic heterocycles. The molecule has 19 heavy (non-hydrogen) atoms. The molecule has 0 spiro atoms. The van der Waals surface area contributed by atoms with E-state index in [9.17, 15) is 0 Å². The smallest absolute Gasteiger partial charge is 0.158 e. The van der Waals surface area contributed by atoms with Crippen LogP contribution in [0.2, 0.25) is 10.0 Å². The van der Waals surface area contributed by atoms with Crippen LogP contribution in [0.15, 0.2) is 34.7 Å². The third kappa shape index (κ3) is 3.75. The van der Waals surface area contributed by atoms with Gasteiger partial charge in [-0.05, 0) is 43.7 Å². The predicted octanol–water partition coefficient (Wildman–Crippen LogP) is 4.12. The Morgan fingerprint density at radius 2 is 2.00 bits per heavy atom. The third-order valence-corrected chi connectivity index (χ3v) is 3.79. The zero-order valence-corrected chi connectivity index (χ0v) is 12.6. The lowest BCUT2D eigenvalue weighted by molar-refractivity contribution is -0.703. The van der Waals surface area contributed by atoms with Crippen LogP contribution in [0, 0.1) is 0 Å². The Morgan fingerprint density at radius 3 is 2.74 bits per heavy atom. The Balaban J connectivity index is 2.14. The molecule has 0 unspecified atom stereocenters. The highest BCUT2D eigenvalue weighted by Gasteiger charge is 2.11. The molecule has 1 atom stereocenters. The molecule has 0 aliphatic heterocycles. The molecule has 4 heteroatoms. The van der Waals surface area contributed by atoms with Gasteiger partial charge in [0.25, 0.3) is 0 Å². The van der Waals surface area contributed by atoms with Crippen LogP contribution in [0.25, 0.3) is 11.3 Å². The minimum Gasteiger partial charge on any atom is -0.455 e. The van der Waals surface area contributed by atoms with Crippen LogP contribution in [-0.2, 0) is 6.54 Å². The third-order valence-electron chi connectivity index (χ3n) is 3.22. The molecule has 0 amide bonds. The zero-order chi connectivity index (χ0) is 13.8. The van der Waals surface area contributed by atoms with Gasteiger partial charge in [-0.1, -0.05) is 30.1 Å². The van der Waals surface area contributed by atoms with Gasteiger partial charge in [-0.3, -0.25) is 0 Å². The lowest BCUT2D eigenvalue weighted by atomic mass is 10.2. The van der Waals surface area contributed by atoms with Crippen molar-refractivity contribution in [2.45, 2.75) is 32.9 Å². The van der Waals surface area contributed by atoms with E-state index in [1.165, 1.54) is 0 Å². The van der Waals surface area contributed by atoms with Crippen molar-refractivity contribution in [3.63, 3.8) is 0 Å². The van der Waals surface area contributed by atoms with Crippen LogP contribution in [0.1, 0.15) is 26.0 Å². The van der Waals surface area contributed by atoms with E-state index in [-0.39, 0.29) is 0 Å². The average molecular weight is 299 g/mol. The lowest BCUT2D eigenvalue weighted by Gasteiger charge is -2.06.